The third-order valence-corrected chi connectivity index (χ3v) is 1.94. The molecule has 0 saturated carbocycles. The molecule has 1 rings (SSSR count). The molecule has 1 aliphatic heterocycles. The lowest BCUT2D eigenvalue weighted by Crippen LogP contribution is -2.48. The summed E-state index contributed by atoms with van der Waals surface area (Å²) in [5, 5.41) is 20.1. The van der Waals surface area contributed by atoms with Gasteiger partial charge in [0, 0.05) is 0 Å². The van der Waals surface area contributed by atoms with Crippen molar-refractivity contribution in [2.24, 2.45) is 11.0 Å². The van der Waals surface area contributed by atoms with E-state index >= 15 is 0 Å². The summed E-state index contributed by atoms with van der Waals surface area (Å²) in [5.41, 5.74) is -0.442. The van der Waals surface area contributed by atoms with E-state index < -0.39 is 36.3 Å². The Hall–Kier alpha value is -1.03. The molecule has 3 unspecified atom stereocenters. The molecule has 0 radical (unpaired) electrons. The van der Waals surface area contributed by atoms with Crippen LogP contribution in [0.15, 0.2) is 5.10 Å². The molecule has 0 aromatic heterocycles. The molecule has 1 heterocycles. The zero-order chi connectivity index (χ0) is 12.7. The van der Waals surface area contributed by atoms with Gasteiger partial charge >= 0.3 is 12.4 Å². The van der Waals surface area contributed by atoms with Crippen LogP contribution in [0, 0.1) is 5.92 Å². The first-order valence-electron chi connectivity index (χ1n) is 3.88. The van der Waals surface area contributed by atoms with Gasteiger partial charge in [-0.25, -0.2) is 0 Å². The van der Waals surface area contributed by atoms with Gasteiger partial charge in [-0.05, 0) is 0 Å². The molecule has 1 aliphatic rings. The van der Waals surface area contributed by atoms with E-state index in [1.165, 1.54) is 5.43 Å². The third-order valence-electron chi connectivity index (χ3n) is 1.94. The average molecular weight is 252 g/mol. The zero-order valence-corrected chi connectivity index (χ0v) is 7.34. The summed E-state index contributed by atoms with van der Waals surface area (Å²) in [7, 11) is 0. The highest BCUT2D eigenvalue weighted by Gasteiger charge is 2.56. The van der Waals surface area contributed by atoms with E-state index in [0.29, 0.717) is 0 Å². The number of aliphatic hydroxyl groups is 2. The molecule has 0 amide bonds. The van der Waals surface area contributed by atoms with Crippen molar-refractivity contribution in [2.75, 3.05) is 0 Å². The van der Waals surface area contributed by atoms with Crippen molar-refractivity contribution in [3.05, 3.63) is 0 Å². The minimum atomic E-state index is -5.27. The Morgan fingerprint density at radius 2 is 1.69 bits per heavy atom. The monoisotopic (exact) mass is 252 g/mol. The minimum absolute atomic E-state index is 1.44. The molecule has 0 aromatic rings. The van der Waals surface area contributed by atoms with Crippen molar-refractivity contribution >= 4 is 5.71 Å². The maximum absolute atomic E-state index is 12.2. The summed E-state index contributed by atoms with van der Waals surface area (Å²) in [6.07, 6.45) is -16.0. The van der Waals surface area contributed by atoms with Gasteiger partial charge in [0.05, 0.1) is 5.92 Å². The largest absolute Gasteiger partial charge is 0.431 e. The van der Waals surface area contributed by atoms with Gasteiger partial charge in [0.2, 0.25) is 0 Å². The fourth-order valence-electron chi connectivity index (χ4n) is 1.22. The van der Waals surface area contributed by atoms with Crippen LogP contribution in [0.1, 0.15) is 0 Å². The number of rotatable bonds is 1. The van der Waals surface area contributed by atoms with E-state index in [-0.39, 0.29) is 0 Å². The molecule has 16 heavy (non-hydrogen) atoms. The van der Waals surface area contributed by atoms with E-state index in [9.17, 15) is 26.3 Å². The van der Waals surface area contributed by atoms with E-state index in [1.54, 1.807) is 0 Å². The van der Waals surface area contributed by atoms with Crippen LogP contribution in [0.4, 0.5) is 26.3 Å². The van der Waals surface area contributed by atoms with E-state index in [2.05, 4.69) is 5.10 Å². The summed E-state index contributed by atoms with van der Waals surface area (Å²) >= 11 is 0. The van der Waals surface area contributed by atoms with Gasteiger partial charge in [0.1, 0.15) is 0 Å². The summed E-state index contributed by atoms with van der Waals surface area (Å²) in [5.74, 6) is -2.58. The lowest BCUT2D eigenvalue weighted by molar-refractivity contribution is -0.222. The van der Waals surface area contributed by atoms with Crippen LogP contribution in [0.2, 0.25) is 0 Å². The SMILES string of the molecule is OC1NN=C(C(F)(F)F)C1C(O)C(F)(F)F. The van der Waals surface area contributed by atoms with Crippen molar-refractivity contribution in [1.29, 1.82) is 0 Å². The van der Waals surface area contributed by atoms with Gasteiger partial charge in [-0.15, -0.1) is 0 Å². The van der Waals surface area contributed by atoms with E-state index in [4.69, 9.17) is 10.2 Å². The molecule has 3 N–H and O–H groups in total. The second-order valence-electron chi connectivity index (χ2n) is 3.08. The first-order valence-corrected chi connectivity index (χ1v) is 3.88. The number of alkyl halides is 6. The Morgan fingerprint density at radius 1 is 1.19 bits per heavy atom. The molecule has 0 aromatic carbocycles. The van der Waals surface area contributed by atoms with Crippen LogP contribution >= 0.6 is 0 Å². The second-order valence-corrected chi connectivity index (χ2v) is 3.08. The summed E-state index contributed by atoms with van der Waals surface area (Å²) < 4.78 is 72.6. The minimum Gasteiger partial charge on any atom is -0.383 e. The van der Waals surface area contributed by atoms with E-state index in [0.717, 1.165) is 0 Å². The van der Waals surface area contributed by atoms with Crippen LogP contribution in [0.5, 0.6) is 0 Å². The molecule has 4 nitrogen and oxygen atoms in total. The molecule has 3 atom stereocenters. The Kier molecular flexibility index (Phi) is 3.07. The van der Waals surface area contributed by atoms with Gasteiger partial charge in [0.15, 0.2) is 18.0 Å². The molecule has 94 valence electrons. The number of nitrogens with one attached hydrogen (secondary N) is 1. The molecule has 0 spiro atoms. The van der Waals surface area contributed by atoms with Crippen molar-refractivity contribution in [1.82, 2.24) is 5.43 Å². The average Bonchev–Trinajstić information content (AvgIpc) is 2.43. The smallest absolute Gasteiger partial charge is 0.383 e. The van der Waals surface area contributed by atoms with Gasteiger partial charge < -0.3 is 10.2 Å². The topological polar surface area (TPSA) is 64.8 Å². The van der Waals surface area contributed by atoms with Gasteiger partial charge in [-0.3, -0.25) is 5.43 Å². The normalized spacial score (nSPS) is 28.6. The molecule has 0 fully saturated rings. The van der Waals surface area contributed by atoms with Crippen LogP contribution in [0.3, 0.4) is 0 Å². The molecule has 0 saturated heterocycles. The predicted octanol–water partition coefficient (Wildman–Crippen LogP) is 0.366. The standard InChI is InChI=1S/C6H6F6N2O2/c7-5(8,9)2-1(4(16)14-13-2)3(15)6(10,11)12/h1,3-4,14-16H. The Labute approximate surface area is 84.6 Å². The highest BCUT2D eigenvalue weighted by molar-refractivity contribution is 5.93. The zero-order valence-electron chi connectivity index (χ0n) is 7.34. The number of halogens is 6. The lowest BCUT2D eigenvalue weighted by atomic mass is 9.95. The molecular formula is C6H6F6N2O2. The predicted molar refractivity (Wildman–Crippen MR) is 38.2 cm³/mol. The molecule has 0 aliphatic carbocycles. The highest BCUT2D eigenvalue weighted by Crippen LogP contribution is 2.34. The fraction of sp³-hybridized carbons (Fsp3) is 0.833. The first-order chi connectivity index (χ1) is 7.05. The number of hydrazone groups is 1. The van der Waals surface area contributed by atoms with Gasteiger partial charge in [-0.1, -0.05) is 0 Å². The van der Waals surface area contributed by atoms with Crippen molar-refractivity contribution in [3.63, 3.8) is 0 Å². The maximum Gasteiger partial charge on any atom is 0.431 e. The maximum atomic E-state index is 12.2. The van der Waals surface area contributed by atoms with E-state index in [1.807, 2.05) is 0 Å². The van der Waals surface area contributed by atoms with Crippen molar-refractivity contribution < 1.29 is 36.6 Å². The van der Waals surface area contributed by atoms with Crippen LogP contribution < -0.4 is 5.43 Å². The number of hydrogen-bond acceptors (Lipinski definition) is 4. The second kappa shape index (κ2) is 3.77. The Bertz CT molecular complexity index is 298. The van der Waals surface area contributed by atoms with Gasteiger partial charge in [-0.2, -0.15) is 31.4 Å². The summed E-state index contributed by atoms with van der Waals surface area (Å²) in [6, 6.07) is 0. The number of aliphatic hydroxyl groups excluding tert-OH is 2. The van der Waals surface area contributed by atoms with Crippen molar-refractivity contribution in [3.8, 4) is 0 Å². The first kappa shape index (κ1) is 13.0. The fourth-order valence-corrected chi connectivity index (χ4v) is 1.22. The van der Waals surface area contributed by atoms with Crippen molar-refractivity contribution in [2.45, 2.75) is 24.7 Å². The quantitative estimate of drug-likeness (QED) is 0.590. The van der Waals surface area contributed by atoms with Crippen LogP contribution in [0.25, 0.3) is 0 Å². The molecular weight excluding hydrogens is 246 g/mol. The third kappa shape index (κ3) is 2.38. The Morgan fingerprint density at radius 3 is 2.06 bits per heavy atom. The summed E-state index contributed by atoms with van der Waals surface area (Å²) in [6.45, 7) is 0. The van der Waals surface area contributed by atoms with Crippen LogP contribution in [-0.2, 0) is 0 Å². The number of nitrogens with zero attached hydrogens (tertiary/aromatic N) is 1. The Balaban J connectivity index is 2.98. The summed E-state index contributed by atoms with van der Waals surface area (Å²) in [4.78, 5) is 0. The van der Waals surface area contributed by atoms with Gasteiger partial charge in [0.25, 0.3) is 0 Å². The lowest BCUT2D eigenvalue weighted by Gasteiger charge is -2.24. The van der Waals surface area contributed by atoms with Crippen LogP contribution in [-0.4, -0.2) is 40.6 Å². The highest BCUT2D eigenvalue weighted by atomic mass is 19.4. The molecule has 0 bridgehead atoms. The molecule has 10 heteroatoms. The number of hydrogen-bond donors (Lipinski definition) is 3.